The molecule has 0 heterocycles. The molecule has 2 aromatic carbocycles. The molecule has 0 aliphatic heterocycles. The molecule has 0 unspecified atom stereocenters. The van der Waals surface area contributed by atoms with Crippen LogP contribution in [-0.2, 0) is 4.79 Å². The zero-order chi connectivity index (χ0) is 19.8. The van der Waals surface area contributed by atoms with Gasteiger partial charge < -0.3 is 15.6 Å². The van der Waals surface area contributed by atoms with Crippen molar-refractivity contribution >= 4 is 35.1 Å². The molecule has 0 aliphatic rings. The third-order valence-corrected chi connectivity index (χ3v) is 4.45. The van der Waals surface area contributed by atoms with Crippen molar-refractivity contribution in [2.75, 3.05) is 23.8 Å². The predicted molar refractivity (Wildman–Crippen MR) is 111 cm³/mol. The predicted octanol–water partition coefficient (Wildman–Crippen LogP) is 4.62. The lowest BCUT2D eigenvalue weighted by atomic mass is 10.1. The molecule has 5 nitrogen and oxygen atoms in total. The number of benzene rings is 2. The maximum absolute atomic E-state index is 12.5. The van der Waals surface area contributed by atoms with E-state index in [2.05, 4.69) is 18.0 Å². The molecule has 27 heavy (non-hydrogen) atoms. The lowest BCUT2D eigenvalue weighted by Gasteiger charge is -2.20. The van der Waals surface area contributed by atoms with Gasteiger partial charge in [0.05, 0.1) is 22.3 Å². The minimum absolute atomic E-state index is 0.165. The summed E-state index contributed by atoms with van der Waals surface area (Å²) in [4.78, 5) is 14.0. The Morgan fingerprint density at radius 3 is 2.78 bits per heavy atom. The SMILES string of the molecule is C=C(CCCNc1ccc(C#N)cc1C=N)C(=O)N(C)c1ccccc1Cl. The summed E-state index contributed by atoms with van der Waals surface area (Å²) in [5.74, 6) is -0.165. The summed E-state index contributed by atoms with van der Waals surface area (Å²) in [5.41, 5.74) is 3.11. The fraction of sp³-hybridized carbons (Fsp3) is 0.190. The Morgan fingerprint density at radius 2 is 2.11 bits per heavy atom. The average Bonchev–Trinajstić information content (AvgIpc) is 2.70. The standard InChI is InChI=1S/C21H21ClN4O/c1-15(21(27)26(2)20-8-4-3-7-18(20)22)6-5-11-25-19-10-9-16(13-23)12-17(19)14-24/h3-4,7-10,12,14,24-25H,1,5-6,11H2,2H3. The molecule has 2 N–H and O–H groups in total. The van der Waals surface area contributed by atoms with Gasteiger partial charge in [0.1, 0.15) is 0 Å². The van der Waals surface area contributed by atoms with Crippen LogP contribution in [-0.4, -0.2) is 25.7 Å². The topological polar surface area (TPSA) is 80.0 Å². The monoisotopic (exact) mass is 380 g/mol. The minimum Gasteiger partial charge on any atom is -0.385 e. The largest absolute Gasteiger partial charge is 0.385 e. The van der Waals surface area contributed by atoms with E-state index in [0.29, 0.717) is 46.8 Å². The van der Waals surface area contributed by atoms with E-state index in [1.165, 1.54) is 11.1 Å². The van der Waals surface area contributed by atoms with Gasteiger partial charge in [-0.05, 0) is 43.2 Å². The second-order valence-electron chi connectivity index (χ2n) is 6.01. The van der Waals surface area contributed by atoms with Crippen LogP contribution in [0.4, 0.5) is 11.4 Å². The van der Waals surface area contributed by atoms with Gasteiger partial charge in [-0.25, -0.2) is 0 Å². The molecule has 2 aromatic rings. The molecular weight excluding hydrogens is 360 g/mol. The molecule has 0 radical (unpaired) electrons. The molecule has 0 saturated carbocycles. The molecule has 0 saturated heterocycles. The molecular formula is C21H21ClN4O. The number of anilines is 2. The Morgan fingerprint density at radius 1 is 1.37 bits per heavy atom. The van der Waals surface area contributed by atoms with Crippen LogP contribution in [0, 0.1) is 16.7 Å². The Hall–Kier alpha value is -3.10. The van der Waals surface area contributed by atoms with Gasteiger partial charge in [0, 0.05) is 36.6 Å². The summed E-state index contributed by atoms with van der Waals surface area (Å²) in [5, 5.41) is 20.1. The lowest BCUT2D eigenvalue weighted by molar-refractivity contribution is -0.115. The van der Waals surface area contributed by atoms with E-state index >= 15 is 0 Å². The van der Waals surface area contributed by atoms with Crippen molar-refractivity contribution in [3.05, 3.63) is 70.8 Å². The van der Waals surface area contributed by atoms with Crippen LogP contribution >= 0.6 is 11.6 Å². The van der Waals surface area contributed by atoms with Crippen molar-refractivity contribution in [1.82, 2.24) is 0 Å². The summed E-state index contributed by atoms with van der Waals surface area (Å²) in [6, 6.07) is 14.4. The number of nitrogens with one attached hydrogen (secondary N) is 2. The molecule has 6 heteroatoms. The molecule has 0 bridgehead atoms. The molecule has 1 amide bonds. The first-order chi connectivity index (χ1) is 13.0. The summed E-state index contributed by atoms with van der Waals surface area (Å²) in [6.45, 7) is 4.52. The first-order valence-corrected chi connectivity index (χ1v) is 8.84. The number of halogens is 1. The Bertz CT molecular complexity index is 901. The van der Waals surface area contributed by atoms with E-state index in [1.807, 2.05) is 12.1 Å². The minimum atomic E-state index is -0.165. The number of likely N-dealkylation sites (N-methyl/N-ethyl adjacent to an activating group) is 1. The zero-order valence-corrected chi connectivity index (χ0v) is 15.9. The smallest absolute Gasteiger partial charge is 0.253 e. The van der Waals surface area contributed by atoms with Gasteiger partial charge in [-0.1, -0.05) is 30.3 Å². The Labute approximate surface area is 164 Å². The van der Waals surface area contributed by atoms with Crippen LogP contribution < -0.4 is 10.2 Å². The molecule has 0 aliphatic carbocycles. The highest BCUT2D eigenvalue weighted by Gasteiger charge is 2.16. The number of carbonyl (C=O) groups is 1. The fourth-order valence-corrected chi connectivity index (χ4v) is 2.88. The van der Waals surface area contributed by atoms with E-state index in [0.717, 1.165) is 5.69 Å². The van der Waals surface area contributed by atoms with E-state index in [-0.39, 0.29) is 5.91 Å². The third-order valence-electron chi connectivity index (χ3n) is 4.13. The summed E-state index contributed by atoms with van der Waals surface area (Å²) in [7, 11) is 1.68. The molecule has 0 aromatic heterocycles. The number of nitrogens with zero attached hydrogens (tertiary/aromatic N) is 2. The zero-order valence-electron chi connectivity index (χ0n) is 15.1. The summed E-state index contributed by atoms with van der Waals surface area (Å²) < 4.78 is 0. The number of carbonyl (C=O) groups excluding carboxylic acids is 1. The maximum Gasteiger partial charge on any atom is 0.253 e. The van der Waals surface area contributed by atoms with Crippen LogP contribution in [0.2, 0.25) is 5.02 Å². The Kier molecular flexibility index (Phi) is 7.16. The van der Waals surface area contributed by atoms with Gasteiger partial charge in [-0.15, -0.1) is 0 Å². The number of para-hydroxylation sites is 1. The average molecular weight is 381 g/mol. The fourth-order valence-electron chi connectivity index (χ4n) is 2.61. The first kappa shape index (κ1) is 20.2. The van der Waals surface area contributed by atoms with Crippen molar-refractivity contribution < 1.29 is 4.79 Å². The van der Waals surface area contributed by atoms with Gasteiger partial charge in [0.15, 0.2) is 0 Å². The molecule has 2 rings (SSSR count). The first-order valence-electron chi connectivity index (χ1n) is 8.46. The van der Waals surface area contributed by atoms with Gasteiger partial charge in [-0.2, -0.15) is 5.26 Å². The van der Waals surface area contributed by atoms with Crippen LogP contribution in [0.3, 0.4) is 0 Å². The number of hydrogen-bond acceptors (Lipinski definition) is 4. The van der Waals surface area contributed by atoms with Crippen molar-refractivity contribution in [2.45, 2.75) is 12.8 Å². The quantitative estimate of drug-likeness (QED) is 0.398. The number of amides is 1. The Balaban J connectivity index is 1.88. The number of nitriles is 1. The summed E-state index contributed by atoms with van der Waals surface area (Å²) >= 11 is 6.14. The van der Waals surface area contributed by atoms with Crippen LogP contribution in [0.5, 0.6) is 0 Å². The van der Waals surface area contributed by atoms with E-state index in [1.54, 1.807) is 37.4 Å². The van der Waals surface area contributed by atoms with Crippen molar-refractivity contribution in [2.24, 2.45) is 0 Å². The highest BCUT2D eigenvalue weighted by Crippen LogP contribution is 2.25. The maximum atomic E-state index is 12.5. The van der Waals surface area contributed by atoms with Gasteiger partial charge in [0.2, 0.25) is 0 Å². The van der Waals surface area contributed by atoms with Gasteiger partial charge >= 0.3 is 0 Å². The second kappa shape index (κ2) is 9.56. The van der Waals surface area contributed by atoms with Crippen molar-refractivity contribution in [3.8, 4) is 6.07 Å². The van der Waals surface area contributed by atoms with E-state index in [4.69, 9.17) is 22.3 Å². The van der Waals surface area contributed by atoms with Crippen molar-refractivity contribution in [1.29, 1.82) is 10.7 Å². The molecule has 138 valence electrons. The second-order valence-corrected chi connectivity index (χ2v) is 6.41. The molecule has 0 fully saturated rings. The van der Waals surface area contributed by atoms with Crippen molar-refractivity contribution in [3.63, 3.8) is 0 Å². The lowest BCUT2D eigenvalue weighted by Crippen LogP contribution is -2.27. The number of hydrogen-bond donors (Lipinski definition) is 2. The number of rotatable bonds is 8. The van der Waals surface area contributed by atoms with Crippen LogP contribution in [0.15, 0.2) is 54.6 Å². The molecule has 0 atom stereocenters. The highest BCUT2D eigenvalue weighted by molar-refractivity contribution is 6.34. The molecule has 0 spiro atoms. The van der Waals surface area contributed by atoms with Gasteiger partial charge in [-0.3, -0.25) is 4.79 Å². The summed E-state index contributed by atoms with van der Waals surface area (Å²) in [6.07, 6.45) is 2.46. The normalized spacial score (nSPS) is 9.96. The third kappa shape index (κ3) is 5.19. The van der Waals surface area contributed by atoms with Gasteiger partial charge in [0.25, 0.3) is 5.91 Å². The van der Waals surface area contributed by atoms with E-state index < -0.39 is 0 Å². The highest BCUT2D eigenvalue weighted by atomic mass is 35.5. The van der Waals surface area contributed by atoms with Crippen LogP contribution in [0.1, 0.15) is 24.0 Å². The van der Waals surface area contributed by atoms with E-state index in [9.17, 15) is 4.79 Å². The van der Waals surface area contributed by atoms with Crippen LogP contribution in [0.25, 0.3) is 0 Å².